The summed E-state index contributed by atoms with van der Waals surface area (Å²) in [5.74, 6) is -0.511. The lowest BCUT2D eigenvalue weighted by Crippen LogP contribution is -2.27. The van der Waals surface area contributed by atoms with Crippen LogP contribution in [-0.2, 0) is 5.41 Å². The van der Waals surface area contributed by atoms with Crippen molar-refractivity contribution in [2.45, 2.75) is 43.6 Å². The van der Waals surface area contributed by atoms with Gasteiger partial charge in [-0.2, -0.15) is 0 Å². The molecule has 196 valence electrons. The zero-order valence-electron chi connectivity index (χ0n) is 21.5. The fourth-order valence-electron chi connectivity index (χ4n) is 7.08. The van der Waals surface area contributed by atoms with Crippen LogP contribution in [0.5, 0.6) is 0 Å². The van der Waals surface area contributed by atoms with Gasteiger partial charge in [-0.05, 0) is 53.8 Å². The van der Waals surface area contributed by atoms with Gasteiger partial charge in [0.05, 0.1) is 5.57 Å². The number of allylic oxidation sites excluding steroid dienone is 1. The SMILES string of the molecule is O=C1C(=Cc2cc3c(s2)-c2sc(/C=C4/C(=O)c5ccccc5C4O)cc2C32CCCCC2)C(=O)c2ccccc21. The van der Waals surface area contributed by atoms with E-state index in [0.29, 0.717) is 27.8 Å². The molecule has 0 aliphatic heterocycles. The molecule has 1 fully saturated rings. The first-order valence-electron chi connectivity index (χ1n) is 13.7. The zero-order chi connectivity index (χ0) is 27.2. The molecule has 4 aliphatic carbocycles. The Hall–Kier alpha value is -3.71. The molecule has 8 rings (SSSR count). The average Bonchev–Trinajstić information content (AvgIpc) is 3.75. The number of rotatable bonds is 2. The molecule has 2 heterocycles. The smallest absolute Gasteiger partial charge is 0.197 e. The summed E-state index contributed by atoms with van der Waals surface area (Å²) < 4.78 is 0. The van der Waals surface area contributed by atoms with Gasteiger partial charge in [0.15, 0.2) is 17.3 Å². The van der Waals surface area contributed by atoms with Crippen LogP contribution in [0.2, 0.25) is 0 Å². The van der Waals surface area contributed by atoms with Gasteiger partial charge in [0, 0.05) is 47.2 Å². The number of fused-ring (bicyclic) bond motifs is 7. The topological polar surface area (TPSA) is 71.4 Å². The van der Waals surface area contributed by atoms with E-state index in [4.69, 9.17) is 0 Å². The highest BCUT2D eigenvalue weighted by Gasteiger charge is 2.46. The number of benzene rings is 2. The molecule has 1 unspecified atom stereocenters. The van der Waals surface area contributed by atoms with Gasteiger partial charge in [-0.1, -0.05) is 67.8 Å². The van der Waals surface area contributed by atoms with Crippen LogP contribution in [0.3, 0.4) is 0 Å². The Kier molecular flexibility index (Phi) is 5.21. The summed E-state index contributed by atoms with van der Waals surface area (Å²) >= 11 is 3.31. The van der Waals surface area contributed by atoms with E-state index in [0.717, 1.165) is 35.4 Å². The van der Waals surface area contributed by atoms with Gasteiger partial charge in [0.25, 0.3) is 0 Å². The van der Waals surface area contributed by atoms with Crippen molar-refractivity contribution < 1.29 is 19.5 Å². The minimum absolute atomic E-state index is 0.0860. The van der Waals surface area contributed by atoms with Crippen LogP contribution in [0.1, 0.15) is 95.7 Å². The van der Waals surface area contributed by atoms with Crippen molar-refractivity contribution in [3.05, 3.63) is 115 Å². The van der Waals surface area contributed by atoms with Crippen LogP contribution in [0.15, 0.2) is 71.8 Å². The largest absolute Gasteiger partial charge is 0.383 e. The van der Waals surface area contributed by atoms with Gasteiger partial charge in [0.2, 0.25) is 0 Å². The van der Waals surface area contributed by atoms with E-state index < -0.39 is 6.10 Å². The number of carbonyl (C=O) groups excluding carboxylic acids is 3. The van der Waals surface area contributed by atoms with Crippen molar-refractivity contribution in [2.24, 2.45) is 0 Å². The molecule has 0 bridgehead atoms. The Balaban J connectivity index is 1.22. The number of aliphatic hydroxyl groups excluding tert-OH is 1. The third kappa shape index (κ3) is 3.24. The lowest BCUT2D eigenvalue weighted by atomic mass is 9.68. The van der Waals surface area contributed by atoms with Gasteiger partial charge in [-0.25, -0.2) is 0 Å². The molecule has 0 radical (unpaired) electrons. The molecule has 6 heteroatoms. The Morgan fingerprint density at radius 2 is 1.25 bits per heavy atom. The molecule has 1 N–H and O–H groups in total. The highest BCUT2D eigenvalue weighted by Crippen LogP contribution is 2.61. The molecule has 40 heavy (non-hydrogen) atoms. The van der Waals surface area contributed by atoms with Crippen LogP contribution in [0.25, 0.3) is 21.9 Å². The molecule has 1 atom stereocenters. The van der Waals surface area contributed by atoms with Crippen LogP contribution < -0.4 is 0 Å². The Morgan fingerprint density at radius 3 is 1.85 bits per heavy atom. The maximum absolute atomic E-state index is 13.1. The van der Waals surface area contributed by atoms with E-state index in [9.17, 15) is 19.5 Å². The molecule has 4 aliphatic rings. The molecular weight excluding hydrogens is 537 g/mol. The third-order valence-electron chi connectivity index (χ3n) is 8.99. The second-order valence-corrected chi connectivity index (χ2v) is 13.3. The van der Waals surface area contributed by atoms with E-state index in [1.54, 1.807) is 59.1 Å². The van der Waals surface area contributed by atoms with Gasteiger partial charge in [-0.15, -0.1) is 22.7 Å². The minimum atomic E-state index is -0.912. The van der Waals surface area contributed by atoms with E-state index in [1.807, 2.05) is 24.3 Å². The molecular formula is C34H24O4S2. The quantitative estimate of drug-likeness (QED) is 0.200. The molecule has 2 aromatic heterocycles. The predicted molar refractivity (Wildman–Crippen MR) is 158 cm³/mol. The van der Waals surface area contributed by atoms with Crippen molar-refractivity contribution in [3.8, 4) is 9.75 Å². The minimum Gasteiger partial charge on any atom is -0.383 e. The molecule has 4 nitrogen and oxygen atoms in total. The molecule has 2 aromatic carbocycles. The molecule has 0 saturated heterocycles. The van der Waals surface area contributed by atoms with Gasteiger partial charge in [-0.3, -0.25) is 14.4 Å². The summed E-state index contributed by atoms with van der Waals surface area (Å²) in [6.07, 6.45) is 8.37. The van der Waals surface area contributed by atoms with E-state index in [-0.39, 0.29) is 28.3 Å². The Bertz CT molecular complexity index is 1820. The first kappa shape index (κ1) is 24.1. The average molecular weight is 561 g/mol. The summed E-state index contributed by atoms with van der Waals surface area (Å²) in [5.41, 5.74) is 5.42. The highest BCUT2D eigenvalue weighted by molar-refractivity contribution is 7.23. The number of hydrogen-bond donors (Lipinski definition) is 1. The van der Waals surface area contributed by atoms with Crippen LogP contribution in [-0.4, -0.2) is 22.5 Å². The first-order valence-corrected chi connectivity index (χ1v) is 15.3. The first-order chi connectivity index (χ1) is 19.5. The van der Waals surface area contributed by atoms with Crippen molar-refractivity contribution in [3.63, 3.8) is 0 Å². The van der Waals surface area contributed by atoms with Crippen molar-refractivity contribution >= 4 is 52.2 Å². The second kappa shape index (κ2) is 8.64. The lowest BCUT2D eigenvalue weighted by molar-refractivity contribution is 0.0986. The monoisotopic (exact) mass is 560 g/mol. The van der Waals surface area contributed by atoms with Crippen molar-refractivity contribution in [1.82, 2.24) is 0 Å². The third-order valence-corrected chi connectivity index (χ3v) is 11.3. The van der Waals surface area contributed by atoms with Crippen LogP contribution in [0, 0.1) is 0 Å². The number of thiophene rings is 2. The summed E-state index contributed by atoms with van der Waals surface area (Å²) in [7, 11) is 0. The number of carbonyl (C=O) groups is 3. The van der Waals surface area contributed by atoms with E-state index >= 15 is 0 Å². The fourth-order valence-corrected chi connectivity index (χ4v) is 9.65. The second-order valence-electron chi connectivity index (χ2n) is 11.1. The maximum Gasteiger partial charge on any atom is 0.197 e. The number of aliphatic hydroxyl groups is 1. The summed E-state index contributed by atoms with van der Waals surface area (Å²) in [6.45, 7) is 0. The van der Waals surface area contributed by atoms with Gasteiger partial charge >= 0.3 is 0 Å². The van der Waals surface area contributed by atoms with Crippen molar-refractivity contribution in [1.29, 1.82) is 0 Å². The Morgan fingerprint density at radius 1 is 0.700 bits per heavy atom. The molecule has 4 aromatic rings. The number of Topliss-reactive ketones (excluding diaryl/α,β-unsaturated/α-hetero) is 3. The molecule has 1 spiro atoms. The highest BCUT2D eigenvalue weighted by atomic mass is 32.1. The Labute approximate surface area is 239 Å². The lowest BCUT2D eigenvalue weighted by Gasteiger charge is -2.34. The summed E-state index contributed by atoms with van der Waals surface area (Å²) in [4.78, 5) is 43.5. The normalized spacial score (nSPS) is 21.2. The molecule has 1 saturated carbocycles. The van der Waals surface area contributed by atoms with Gasteiger partial charge in [0.1, 0.15) is 6.10 Å². The van der Waals surface area contributed by atoms with Crippen molar-refractivity contribution in [2.75, 3.05) is 0 Å². The number of ketones is 3. The zero-order valence-corrected chi connectivity index (χ0v) is 23.2. The summed E-state index contributed by atoms with van der Waals surface area (Å²) in [6, 6.07) is 18.7. The maximum atomic E-state index is 13.1. The number of hydrogen-bond acceptors (Lipinski definition) is 6. The standard InChI is InChI=1S/C34H24O4S2/c35-28-20-8-2-3-9-21(20)29(36)24(28)14-18-16-26-32(39-18)33-27(34(26)12-6-1-7-13-34)17-19(40-33)15-25-30(37)22-10-4-5-11-23(22)31(25)38/h2-5,8-11,14-17,28,35H,1,6-7,12-13H2/b24-14+. The van der Waals surface area contributed by atoms with Crippen LogP contribution in [0.4, 0.5) is 0 Å². The van der Waals surface area contributed by atoms with Gasteiger partial charge < -0.3 is 5.11 Å². The predicted octanol–water partition coefficient (Wildman–Crippen LogP) is 7.82. The fraction of sp³-hybridized carbons (Fsp3) is 0.206. The van der Waals surface area contributed by atoms with Crippen LogP contribution >= 0.6 is 22.7 Å². The molecule has 0 amide bonds. The summed E-state index contributed by atoms with van der Waals surface area (Å²) in [5, 5.41) is 10.9. The van der Waals surface area contributed by atoms with E-state index in [1.165, 1.54) is 27.3 Å². The van der Waals surface area contributed by atoms with E-state index in [2.05, 4.69) is 12.1 Å².